The first-order valence-corrected chi connectivity index (χ1v) is 4.84. The lowest BCUT2D eigenvalue weighted by atomic mass is 9.92. The third-order valence-electron chi connectivity index (χ3n) is 2.26. The van der Waals surface area contributed by atoms with Crippen LogP contribution in [0.15, 0.2) is 18.2 Å². The largest absolute Gasteiger partial charge is 0.490 e. The summed E-state index contributed by atoms with van der Waals surface area (Å²) in [7, 11) is 12.3. The number of nitrogens with zero attached hydrogens (tertiary/aromatic N) is 4. The van der Waals surface area contributed by atoms with Crippen LogP contribution < -0.4 is 15.9 Å². The van der Waals surface area contributed by atoms with E-state index in [-0.39, 0.29) is 22.6 Å². The molecular formula is C9H6B2N4O3. The molecule has 0 N–H and O–H groups in total. The van der Waals surface area contributed by atoms with Crippen molar-refractivity contribution in [2.75, 3.05) is 7.11 Å². The van der Waals surface area contributed by atoms with Gasteiger partial charge in [0.1, 0.15) is 15.7 Å². The van der Waals surface area contributed by atoms with Gasteiger partial charge >= 0.3 is 5.69 Å². The zero-order chi connectivity index (χ0) is 13.3. The van der Waals surface area contributed by atoms with Gasteiger partial charge in [-0.2, -0.15) is 15.0 Å². The quantitative estimate of drug-likeness (QED) is 0.381. The molecule has 0 fully saturated rings. The molecule has 1 aromatic carbocycles. The van der Waals surface area contributed by atoms with Crippen LogP contribution in [0.5, 0.6) is 5.75 Å². The minimum Gasteiger partial charge on any atom is -0.490 e. The van der Waals surface area contributed by atoms with Crippen molar-refractivity contribution in [3.05, 3.63) is 28.3 Å². The molecule has 1 heterocycles. The van der Waals surface area contributed by atoms with Gasteiger partial charge in [0, 0.05) is 23.3 Å². The fourth-order valence-corrected chi connectivity index (χ4v) is 1.39. The highest BCUT2D eigenvalue weighted by Gasteiger charge is 2.16. The van der Waals surface area contributed by atoms with Gasteiger partial charge in [-0.25, -0.2) is 0 Å². The van der Waals surface area contributed by atoms with Crippen LogP contribution in [0, 0.1) is 10.1 Å². The Labute approximate surface area is 105 Å². The summed E-state index contributed by atoms with van der Waals surface area (Å²) in [5, 5.41) is 18.5. The minimum absolute atomic E-state index is 0.0901. The smallest absolute Gasteiger partial charge is 0.311 e. The Morgan fingerprint density at radius 1 is 1.33 bits per heavy atom. The Kier molecular flexibility index (Phi) is 3.05. The van der Waals surface area contributed by atoms with Gasteiger partial charge in [-0.15, -0.1) is 0 Å². The Bertz CT molecular complexity index is 594. The van der Waals surface area contributed by atoms with Crippen molar-refractivity contribution < 1.29 is 9.66 Å². The maximum absolute atomic E-state index is 10.7. The molecule has 0 unspecified atom stereocenters. The van der Waals surface area contributed by atoms with Crippen LogP contribution in [-0.4, -0.2) is 42.7 Å². The monoisotopic (exact) mass is 240 g/mol. The van der Waals surface area contributed by atoms with Crippen LogP contribution in [0.1, 0.15) is 0 Å². The Morgan fingerprint density at radius 2 is 1.94 bits per heavy atom. The molecule has 1 aromatic heterocycles. The predicted molar refractivity (Wildman–Crippen MR) is 65.3 cm³/mol. The zero-order valence-corrected chi connectivity index (χ0v) is 9.40. The van der Waals surface area contributed by atoms with Crippen molar-refractivity contribution in [3.8, 4) is 11.4 Å². The summed E-state index contributed by atoms with van der Waals surface area (Å²) in [4.78, 5) is 11.4. The lowest BCUT2D eigenvalue weighted by Gasteiger charge is -2.04. The van der Waals surface area contributed by atoms with E-state index in [4.69, 9.17) is 20.4 Å². The molecule has 2 aromatic rings. The highest BCUT2D eigenvalue weighted by molar-refractivity contribution is 6.46. The van der Waals surface area contributed by atoms with Crippen molar-refractivity contribution >= 4 is 32.6 Å². The second-order valence-corrected chi connectivity index (χ2v) is 3.37. The molecule has 0 amide bonds. The van der Waals surface area contributed by atoms with Crippen LogP contribution in [0.2, 0.25) is 0 Å². The van der Waals surface area contributed by atoms with Gasteiger partial charge in [-0.1, -0.05) is 0 Å². The number of aromatic nitrogens is 3. The van der Waals surface area contributed by atoms with E-state index in [0.29, 0.717) is 5.69 Å². The number of hydrogen-bond donors (Lipinski definition) is 0. The third kappa shape index (κ3) is 2.06. The third-order valence-corrected chi connectivity index (χ3v) is 2.26. The average Bonchev–Trinajstić information content (AvgIpc) is 2.68. The van der Waals surface area contributed by atoms with E-state index in [1.54, 1.807) is 0 Å². The maximum atomic E-state index is 10.7. The summed E-state index contributed by atoms with van der Waals surface area (Å²) >= 11 is 0. The van der Waals surface area contributed by atoms with E-state index in [1.165, 1.54) is 30.1 Å². The maximum Gasteiger partial charge on any atom is 0.311 e. The van der Waals surface area contributed by atoms with Crippen molar-refractivity contribution in [1.82, 2.24) is 15.0 Å². The molecule has 0 atom stereocenters. The molecule has 0 saturated heterocycles. The minimum atomic E-state index is -0.540. The lowest BCUT2D eigenvalue weighted by molar-refractivity contribution is -0.385. The second-order valence-electron chi connectivity index (χ2n) is 3.37. The first kappa shape index (κ1) is 12.2. The summed E-state index contributed by atoms with van der Waals surface area (Å²) in [5.74, 6) is 0.104. The fraction of sp³-hybridized carbons (Fsp3) is 0.111. The van der Waals surface area contributed by atoms with E-state index < -0.39 is 4.92 Å². The molecular weight excluding hydrogens is 234 g/mol. The van der Waals surface area contributed by atoms with Crippen LogP contribution >= 0.6 is 0 Å². The molecule has 0 aliphatic rings. The topological polar surface area (TPSA) is 83.1 Å². The number of rotatable bonds is 3. The predicted octanol–water partition coefficient (Wildman–Crippen LogP) is -1.23. The van der Waals surface area contributed by atoms with Crippen molar-refractivity contribution in [1.29, 1.82) is 0 Å². The lowest BCUT2D eigenvalue weighted by Crippen LogP contribution is -2.24. The average molecular weight is 240 g/mol. The molecule has 86 valence electrons. The molecule has 0 spiro atoms. The van der Waals surface area contributed by atoms with Crippen LogP contribution in [0.4, 0.5) is 5.69 Å². The Hall–Kier alpha value is -2.31. The first-order chi connectivity index (χ1) is 8.52. The van der Waals surface area contributed by atoms with E-state index in [0.717, 1.165) is 0 Å². The first-order valence-electron chi connectivity index (χ1n) is 4.84. The molecule has 0 aliphatic carbocycles. The highest BCUT2D eigenvalue weighted by atomic mass is 16.6. The molecule has 7 nitrogen and oxygen atoms in total. The summed E-state index contributed by atoms with van der Waals surface area (Å²) in [6.07, 6.45) is 0. The van der Waals surface area contributed by atoms with Gasteiger partial charge in [-0.3, -0.25) is 10.1 Å². The summed E-state index contributed by atoms with van der Waals surface area (Å²) in [6.45, 7) is 0. The molecule has 0 bridgehead atoms. The van der Waals surface area contributed by atoms with Gasteiger partial charge < -0.3 is 4.74 Å². The van der Waals surface area contributed by atoms with Crippen molar-refractivity contribution in [3.63, 3.8) is 0 Å². The number of hydrogen-bond acceptors (Lipinski definition) is 5. The fourth-order valence-electron chi connectivity index (χ4n) is 1.39. The number of nitro groups is 1. The Balaban J connectivity index is 2.50. The standard InChI is InChI=1S/C9H6B2N4O3/c1-18-7-4-5(2-3-6(7)15(16)17)14-12-8(10)9(11)13-14/h2-4H,1H3. The summed E-state index contributed by atoms with van der Waals surface area (Å²) < 4.78 is 4.93. The van der Waals surface area contributed by atoms with Crippen LogP contribution in [-0.2, 0) is 0 Å². The summed E-state index contributed by atoms with van der Waals surface area (Å²) in [6, 6.07) is 4.19. The van der Waals surface area contributed by atoms with Crippen LogP contribution in [0.25, 0.3) is 5.69 Å². The van der Waals surface area contributed by atoms with E-state index in [1.807, 2.05) is 0 Å². The van der Waals surface area contributed by atoms with Gasteiger partial charge in [0.15, 0.2) is 5.75 Å². The number of methoxy groups -OCH3 is 1. The van der Waals surface area contributed by atoms with Crippen molar-refractivity contribution in [2.45, 2.75) is 0 Å². The number of benzene rings is 1. The van der Waals surface area contributed by atoms with E-state index >= 15 is 0 Å². The molecule has 2 rings (SSSR count). The van der Waals surface area contributed by atoms with E-state index in [2.05, 4.69) is 10.2 Å². The van der Waals surface area contributed by atoms with E-state index in [9.17, 15) is 10.1 Å². The van der Waals surface area contributed by atoms with Gasteiger partial charge in [0.05, 0.1) is 17.7 Å². The van der Waals surface area contributed by atoms with Gasteiger partial charge in [0.2, 0.25) is 0 Å². The molecule has 18 heavy (non-hydrogen) atoms. The molecule has 0 aliphatic heterocycles. The second kappa shape index (κ2) is 4.52. The normalized spacial score (nSPS) is 10.3. The number of ether oxygens (including phenoxy) is 1. The highest BCUT2D eigenvalue weighted by Crippen LogP contribution is 2.28. The van der Waals surface area contributed by atoms with Gasteiger partial charge in [0.25, 0.3) is 0 Å². The Morgan fingerprint density at radius 3 is 2.44 bits per heavy atom. The SMILES string of the molecule is [B]c1nn(-c2ccc([N+](=O)[O-])c(OC)c2)nc1[B]. The van der Waals surface area contributed by atoms with Crippen LogP contribution in [0.3, 0.4) is 0 Å². The molecule has 9 heteroatoms. The number of nitro benzene ring substituents is 1. The zero-order valence-electron chi connectivity index (χ0n) is 9.40. The van der Waals surface area contributed by atoms with Gasteiger partial charge in [-0.05, 0) is 6.07 Å². The summed E-state index contributed by atoms with van der Waals surface area (Å²) in [5.41, 5.74) is 0.495. The molecule has 0 saturated carbocycles. The molecule has 4 radical (unpaired) electrons. The van der Waals surface area contributed by atoms with Crippen molar-refractivity contribution in [2.24, 2.45) is 0 Å².